The van der Waals surface area contributed by atoms with Crippen molar-refractivity contribution in [2.24, 2.45) is 0 Å². The predicted molar refractivity (Wildman–Crippen MR) is 101 cm³/mol. The molecule has 2 heteroatoms. The summed E-state index contributed by atoms with van der Waals surface area (Å²) >= 11 is 0. The fourth-order valence-electron chi connectivity index (χ4n) is 2.80. The summed E-state index contributed by atoms with van der Waals surface area (Å²) in [7, 11) is 1.46. The van der Waals surface area contributed by atoms with Crippen LogP contribution in [0.4, 0.5) is 0 Å². The van der Waals surface area contributed by atoms with E-state index in [1.54, 1.807) is 0 Å². The maximum absolute atomic E-state index is 10.9. The molecule has 0 aromatic rings. The summed E-state index contributed by atoms with van der Waals surface area (Å²) in [6.07, 6.45) is 24.9. The Balaban J connectivity index is 3.07. The van der Waals surface area contributed by atoms with Crippen molar-refractivity contribution in [3.63, 3.8) is 0 Å². The van der Waals surface area contributed by atoms with Crippen LogP contribution in [0, 0.1) is 0 Å². The van der Waals surface area contributed by atoms with Gasteiger partial charge in [-0.1, -0.05) is 83.3 Å². The van der Waals surface area contributed by atoms with Gasteiger partial charge in [-0.05, 0) is 32.1 Å². The van der Waals surface area contributed by atoms with Gasteiger partial charge in [-0.15, -0.1) is 0 Å². The van der Waals surface area contributed by atoms with Crippen LogP contribution in [0.5, 0.6) is 0 Å². The van der Waals surface area contributed by atoms with Crippen LogP contribution in [0.3, 0.4) is 0 Å². The van der Waals surface area contributed by atoms with Crippen molar-refractivity contribution in [3.8, 4) is 0 Å². The second-order valence-corrected chi connectivity index (χ2v) is 6.62. The van der Waals surface area contributed by atoms with Gasteiger partial charge in [0, 0.05) is 6.42 Å². The summed E-state index contributed by atoms with van der Waals surface area (Å²) in [5.41, 5.74) is 0. The van der Waals surface area contributed by atoms with E-state index in [9.17, 15) is 4.79 Å². The third-order valence-electron chi connectivity index (χ3n) is 4.37. The second-order valence-electron chi connectivity index (χ2n) is 6.62. The van der Waals surface area contributed by atoms with E-state index < -0.39 is 0 Å². The van der Waals surface area contributed by atoms with E-state index in [-0.39, 0.29) is 5.97 Å². The van der Waals surface area contributed by atoms with Crippen LogP contribution in [0.1, 0.15) is 110 Å². The van der Waals surface area contributed by atoms with Crippen LogP contribution < -0.4 is 0 Å². The number of carbonyl (C=O) groups is 1. The monoisotopic (exact) mass is 324 g/mol. The van der Waals surface area contributed by atoms with E-state index >= 15 is 0 Å². The molecular formula is C21H40O2. The largest absolute Gasteiger partial charge is 0.469 e. The fraction of sp³-hybridized carbons (Fsp3) is 0.857. The average Bonchev–Trinajstić information content (AvgIpc) is 2.57. The number of rotatable bonds is 17. The normalized spacial score (nSPS) is 11.2. The number of carbonyl (C=O) groups excluding carboxylic acids is 1. The minimum Gasteiger partial charge on any atom is -0.469 e. The van der Waals surface area contributed by atoms with Gasteiger partial charge in [-0.3, -0.25) is 4.79 Å². The maximum atomic E-state index is 10.9. The Kier molecular flexibility index (Phi) is 18.6. The molecule has 0 aromatic heterocycles. The van der Waals surface area contributed by atoms with Crippen LogP contribution in [-0.4, -0.2) is 13.1 Å². The SMILES string of the molecule is CCCCCCC=CCCCCCCCCCCCC(=O)OC. The minimum absolute atomic E-state index is 0.0694. The number of esters is 1. The lowest BCUT2D eigenvalue weighted by molar-refractivity contribution is -0.140. The summed E-state index contributed by atoms with van der Waals surface area (Å²) < 4.78 is 4.64. The molecule has 136 valence electrons. The Bertz CT molecular complexity index is 271. The van der Waals surface area contributed by atoms with Gasteiger partial charge in [0.05, 0.1) is 7.11 Å². The summed E-state index contributed by atoms with van der Waals surface area (Å²) in [6, 6.07) is 0. The zero-order valence-corrected chi connectivity index (χ0v) is 15.8. The molecule has 0 heterocycles. The molecular weight excluding hydrogens is 284 g/mol. The van der Waals surface area contributed by atoms with Gasteiger partial charge in [0.25, 0.3) is 0 Å². The highest BCUT2D eigenvalue weighted by Gasteiger charge is 1.99. The van der Waals surface area contributed by atoms with Gasteiger partial charge in [-0.25, -0.2) is 0 Å². The number of hydrogen-bond acceptors (Lipinski definition) is 2. The Morgan fingerprint density at radius 3 is 1.61 bits per heavy atom. The quantitative estimate of drug-likeness (QED) is 0.164. The van der Waals surface area contributed by atoms with Crippen molar-refractivity contribution < 1.29 is 9.53 Å². The van der Waals surface area contributed by atoms with Crippen molar-refractivity contribution >= 4 is 5.97 Å². The number of unbranched alkanes of at least 4 members (excludes halogenated alkanes) is 13. The first-order valence-corrected chi connectivity index (χ1v) is 10.0. The molecule has 0 saturated carbocycles. The van der Waals surface area contributed by atoms with Crippen molar-refractivity contribution in [1.29, 1.82) is 0 Å². The van der Waals surface area contributed by atoms with E-state index in [0.29, 0.717) is 6.42 Å². The number of methoxy groups -OCH3 is 1. The van der Waals surface area contributed by atoms with Gasteiger partial charge >= 0.3 is 5.97 Å². The lowest BCUT2D eigenvalue weighted by atomic mass is 10.1. The predicted octanol–water partition coefficient (Wildman–Crippen LogP) is 6.98. The maximum Gasteiger partial charge on any atom is 0.305 e. The summed E-state index contributed by atoms with van der Waals surface area (Å²) in [5.74, 6) is -0.0694. The van der Waals surface area contributed by atoms with Crippen molar-refractivity contribution in [1.82, 2.24) is 0 Å². The molecule has 0 amide bonds. The van der Waals surface area contributed by atoms with Crippen molar-refractivity contribution in [2.45, 2.75) is 110 Å². The molecule has 0 bridgehead atoms. The van der Waals surface area contributed by atoms with E-state index in [1.807, 2.05) is 0 Å². The molecule has 0 rings (SSSR count). The molecule has 0 aromatic carbocycles. The topological polar surface area (TPSA) is 26.3 Å². The smallest absolute Gasteiger partial charge is 0.305 e. The Labute approximate surface area is 145 Å². The van der Waals surface area contributed by atoms with E-state index in [0.717, 1.165) is 12.8 Å². The third kappa shape index (κ3) is 19.2. The molecule has 0 unspecified atom stereocenters. The Morgan fingerprint density at radius 2 is 1.13 bits per heavy atom. The standard InChI is InChI=1S/C21H40O2/c1-3-4-5-6-7-8-9-10-11-12-13-14-15-16-17-18-19-20-21(22)23-2/h8-9H,3-7,10-20H2,1-2H3. The number of ether oxygens (including phenoxy) is 1. The molecule has 0 aliphatic heterocycles. The molecule has 0 radical (unpaired) electrons. The molecule has 0 saturated heterocycles. The fourth-order valence-corrected chi connectivity index (χ4v) is 2.80. The van der Waals surface area contributed by atoms with E-state index in [4.69, 9.17) is 0 Å². The number of hydrogen-bond donors (Lipinski definition) is 0. The molecule has 0 spiro atoms. The lowest BCUT2D eigenvalue weighted by Crippen LogP contribution is -1.99. The molecule has 2 nitrogen and oxygen atoms in total. The lowest BCUT2D eigenvalue weighted by Gasteiger charge is -2.02. The highest BCUT2D eigenvalue weighted by Crippen LogP contribution is 2.12. The summed E-state index contributed by atoms with van der Waals surface area (Å²) in [6.45, 7) is 2.26. The Morgan fingerprint density at radius 1 is 0.696 bits per heavy atom. The van der Waals surface area contributed by atoms with Gasteiger partial charge in [0.1, 0.15) is 0 Å². The van der Waals surface area contributed by atoms with E-state index in [2.05, 4.69) is 23.8 Å². The highest BCUT2D eigenvalue weighted by molar-refractivity contribution is 5.68. The van der Waals surface area contributed by atoms with Crippen molar-refractivity contribution in [3.05, 3.63) is 12.2 Å². The first-order chi connectivity index (χ1) is 11.3. The van der Waals surface area contributed by atoms with Crippen LogP contribution in [0.2, 0.25) is 0 Å². The third-order valence-corrected chi connectivity index (χ3v) is 4.37. The van der Waals surface area contributed by atoms with Gasteiger partial charge < -0.3 is 4.74 Å². The molecule has 0 atom stereocenters. The van der Waals surface area contributed by atoms with Crippen LogP contribution in [0.25, 0.3) is 0 Å². The first kappa shape index (κ1) is 22.2. The molecule has 23 heavy (non-hydrogen) atoms. The van der Waals surface area contributed by atoms with Gasteiger partial charge in [0.2, 0.25) is 0 Å². The number of allylic oxidation sites excluding steroid dienone is 2. The second kappa shape index (κ2) is 19.3. The minimum atomic E-state index is -0.0694. The molecule has 0 fully saturated rings. The molecule has 0 aliphatic carbocycles. The molecule has 0 aliphatic rings. The van der Waals surface area contributed by atoms with Crippen LogP contribution in [-0.2, 0) is 9.53 Å². The van der Waals surface area contributed by atoms with Gasteiger partial charge in [-0.2, -0.15) is 0 Å². The average molecular weight is 325 g/mol. The van der Waals surface area contributed by atoms with Crippen LogP contribution in [0.15, 0.2) is 12.2 Å². The zero-order valence-electron chi connectivity index (χ0n) is 15.8. The summed E-state index contributed by atoms with van der Waals surface area (Å²) in [5, 5.41) is 0. The van der Waals surface area contributed by atoms with Crippen molar-refractivity contribution in [2.75, 3.05) is 7.11 Å². The van der Waals surface area contributed by atoms with Crippen LogP contribution >= 0.6 is 0 Å². The van der Waals surface area contributed by atoms with E-state index in [1.165, 1.54) is 90.6 Å². The molecule has 0 N–H and O–H groups in total. The van der Waals surface area contributed by atoms with Gasteiger partial charge in [0.15, 0.2) is 0 Å². The summed E-state index contributed by atoms with van der Waals surface area (Å²) in [4.78, 5) is 10.9. The Hall–Kier alpha value is -0.790. The first-order valence-electron chi connectivity index (χ1n) is 10.0. The zero-order chi connectivity index (χ0) is 17.0. The highest BCUT2D eigenvalue weighted by atomic mass is 16.5.